The van der Waals surface area contributed by atoms with Gasteiger partial charge in [-0.3, -0.25) is 4.79 Å². The third-order valence-corrected chi connectivity index (χ3v) is 3.04. The molecule has 0 unspecified atom stereocenters. The summed E-state index contributed by atoms with van der Waals surface area (Å²) < 4.78 is 0. The van der Waals surface area contributed by atoms with Crippen LogP contribution in [-0.2, 0) is 0 Å². The minimum absolute atomic E-state index is 0.0219. The van der Waals surface area contributed by atoms with Crippen LogP contribution in [0.5, 0.6) is 5.75 Å². The second-order valence-corrected chi connectivity index (χ2v) is 4.24. The average Bonchev–Trinajstić information content (AvgIpc) is 2.36. The normalized spacial score (nSPS) is 10.2. The van der Waals surface area contributed by atoms with Gasteiger partial charge in [0.1, 0.15) is 0 Å². The fraction of sp³-hybridized carbons (Fsp3) is 0. The Kier molecular flexibility index (Phi) is 3.36. The van der Waals surface area contributed by atoms with Crippen LogP contribution in [0, 0.1) is 0 Å². The highest BCUT2D eigenvalue weighted by Crippen LogP contribution is 2.35. The summed E-state index contributed by atoms with van der Waals surface area (Å²) in [6, 6.07) is 11.7. The van der Waals surface area contributed by atoms with Gasteiger partial charge in [0, 0.05) is 11.1 Å². The molecule has 0 aliphatic rings. The molecule has 0 saturated carbocycles. The lowest BCUT2D eigenvalue weighted by Crippen LogP contribution is -2.01. The molecule has 2 aromatic carbocycles. The largest absolute Gasteiger partial charge is 0.505 e. The molecule has 4 heteroatoms. The van der Waals surface area contributed by atoms with Crippen molar-refractivity contribution in [2.45, 2.75) is 0 Å². The van der Waals surface area contributed by atoms with Gasteiger partial charge in [0.15, 0.2) is 11.5 Å². The summed E-state index contributed by atoms with van der Waals surface area (Å²) >= 11 is 11.6. The van der Waals surface area contributed by atoms with E-state index in [4.69, 9.17) is 23.2 Å². The number of carbonyl (C=O) groups excluding carboxylic acids is 1. The SMILES string of the molecule is O=C(c1ccccc1)c1ccc(Cl)c(O)c1Cl. The molecule has 1 N–H and O–H groups in total. The van der Waals surface area contributed by atoms with E-state index in [0.29, 0.717) is 5.56 Å². The van der Waals surface area contributed by atoms with Crippen LogP contribution in [0.1, 0.15) is 15.9 Å². The number of ketones is 1. The van der Waals surface area contributed by atoms with Crippen molar-refractivity contribution in [3.05, 3.63) is 63.6 Å². The van der Waals surface area contributed by atoms with E-state index in [1.165, 1.54) is 12.1 Å². The molecule has 2 rings (SSSR count). The smallest absolute Gasteiger partial charge is 0.194 e. The lowest BCUT2D eigenvalue weighted by atomic mass is 10.0. The Morgan fingerprint density at radius 1 is 1.00 bits per heavy atom. The number of carbonyl (C=O) groups is 1. The Morgan fingerprint density at radius 2 is 1.65 bits per heavy atom. The summed E-state index contributed by atoms with van der Waals surface area (Å²) in [4.78, 5) is 12.1. The first-order valence-electron chi connectivity index (χ1n) is 4.88. The lowest BCUT2D eigenvalue weighted by Gasteiger charge is -2.06. The molecule has 0 aliphatic carbocycles. The van der Waals surface area contributed by atoms with Gasteiger partial charge in [0.2, 0.25) is 0 Å². The zero-order valence-electron chi connectivity index (χ0n) is 8.65. The van der Waals surface area contributed by atoms with Gasteiger partial charge < -0.3 is 5.11 Å². The van der Waals surface area contributed by atoms with E-state index in [1.54, 1.807) is 24.3 Å². The van der Waals surface area contributed by atoms with Crippen LogP contribution in [0.2, 0.25) is 10.0 Å². The Bertz CT molecular complexity index is 565. The number of rotatable bonds is 2. The number of hydrogen-bond acceptors (Lipinski definition) is 2. The zero-order chi connectivity index (χ0) is 12.4. The predicted octanol–water partition coefficient (Wildman–Crippen LogP) is 3.93. The molecule has 2 aromatic rings. The Labute approximate surface area is 108 Å². The summed E-state index contributed by atoms with van der Waals surface area (Å²) in [7, 11) is 0. The monoisotopic (exact) mass is 266 g/mol. The topological polar surface area (TPSA) is 37.3 Å². The molecule has 0 fully saturated rings. The van der Waals surface area contributed by atoms with Gasteiger partial charge in [-0.1, -0.05) is 53.5 Å². The van der Waals surface area contributed by atoms with Crippen LogP contribution < -0.4 is 0 Å². The molecule has 0 aromatic heterocycles. The highest BCUT2D eigenvalue weighted by atomic mass is 35.5. The fourth-order valence-corrected chi connectivity index (χ4v) is 1.92. The molecule has 0 aliphatic heterocycles. The maximum absolute atomic E-state index is 12.1. The number of phenolic OH excluding ortho intramolecular Hbond substituents is 1. The molecule has 0 bridgehead atoms. The van der Waals surface area contributed by atoms with Crippen LogP contribution in [-0.4, -0.2) is 10.9 Å². The first kappa shape index (κ1) is 12.0. The van der Waals surface area contributed by atoms with Crippen LogP contribution in [0.25, 0.3) is 0 Å². The standard InChI is InChI=1S/C13H8Cl2O2/c14-10-7-6-9(11(15)13(10)17)12(16)8-4-2-1-3-5-8/h1-7,17H. The number of phenols is 1. The summed E-state index contributed by atoms with van der Waals surface area (Å²) in [6.45, 7) is 0. The molecular weight excluding hydrogens is 259 g/mol. The summed E-state index contributed by atoms with van der Waals surface area (Å²) in [5.41, 5.74) is 0.746. The molecule has 0 radical (unpaired) electrons. The second kappa shape index (κ2) is 4.78. The van der Waals surface area contributed by atoms with Gasteiger partial charge >= 0.3 is 0 Å². The van der Waals surface area contributed by atoms with E-state index >= 15 is 0 Å². The van der Waals surface area contributed by atoms with E-state index in [0.717, 1.165) is 0 Å². The van der Waals surface area contributed by atoms with E-state index in [9.17, 15) is 9.90 Å². The maximum atomic E-state index is 12.1. The van der Waals surface area contributed by atoms with E-state index in [-0.39, 0.29) is 27.1 Å². The molecule has 0 saturated heterocycles. The number of halogens is 2. The zero-order valence-corrected chi connectivity index (χ0v) is 10.2. The third-order valence-electron chi connectivity index (χ3n) is 2.35. The van der Waals surface area contributed by atoms with E-state index in [2.05, 4.69) is 0 Å². The van der Waals surface area contributed by atoms with E-state index in [1.807, 2.05) is 6.07 Å². The van der Waals surface area contributed by atoms with Crippen molar-refractivity contribution in [3.63, 3.8) is 0 Å². The summed E-state index contributed by atoms with van der Waals surface area (Å²) in [6.07, 6.45) is 0. The number of aromatic hydroxyl groups is 1. The highest BCUT2D eigenvalue weighted by Gasteiger charge is 2.16. The van der Waals surface area contributed by atoms with Crippen molar-refractivity contribution >= 4 is 29.0 Å². The van der Waals surface area contributed by atoms with Crippen LogP contribution in [0.4, 0.5) is 0 Å². The second-order valence-electron chi connectivity index (χ2n) is 3.45. The van der Waals surface area contributed by atoms with Gasteiger partial charge in [-0.25, -0.2) is 0 Å². The first-order valence-corrected chi connectivity index (χ1v) is 5.63. The molecule has 0 atom stereocenters. The minimum Gasteiger partial charge on any atom is -0.505 e. The Balaban J connectivity index is 2.49. The van der Waals surface area contributed by atoms with E-state index < -0.39 is 0 Å². The lowest BCUT2D eigenvalue weighted by molar-refractivity contribution is 0.103. The highest BCUT2D eigenvalue weighted by molar-refractivity contribution is 6.39. The van der Waals surface area contributed by atoms with Crippen molar-refractivity contribution in [1.82, 2.24) is 0 Å². The quantitative estimate of drug-likeness (QED) is 0.837. The predicted molar refractivity (Wildman–Crippen MR) is 68.0 cm³/mol. The van der Waals surface area contributed by atoms with Crippen molar-refractivity contribution < 1.29 is 9.90 Å². The van der Waals surface area contributed by atoms with Gasteiger partial charge in [-0.15, -0.1) is 0 Å². The number of hydrogen-bond donors (Lipinski definition) is 1. The molecule has 0 heterocycles. The molecule has 0 amide bonds. The first-order chi connectivity index (χ1) is 8.11. The van der Waals surface area contributed by atoms with Gasteiger partial charge in [0.25, 0.3) is 0 Å². The maximum Gasteiger partial charge on any atom is 0.194 e. The molecule has 86 valence electrons. The van der Waals surface area contributed by atoms with Gasteiger partial charge in [0.05, 0.1) is 10.0 Å². The van der Waals surface area contributed by atoms with Crippen LogP contribution in [0.3, 0.4) is 0 Å². The molecule has 17 heavy (non-hydrogen) atoms. The van der Waals surface area contributed by atoms with Gasteiger partial charge in [-0.05, 0) is 12.1 Å². The average molecular weight is 267 g/mol. The van der Waals surface area contributed by atoms with Crippen molar-refractivity contribution in [2.24, 2.45) is 0 Å². The Hall–Kier alpha value is -1.51. The number of benzene rings is 2. The van der Waals surface area contributed by atoms with Crippen LogP contribution >= 0.6 is 23.2 Å². The van der Waals surface area contributed by atoms with Crippen molar-refractivity contribution in [1.29, 1.82) is 0 Å². The minimum atomic E-state index is -0.268. The summed E-state index contributed by atoms with van der Waals surface area (Å²) in [5.74, 6) is -0.516. The van der Waals surface area contributed by atoms with Crippen LogP contribution in [0.15, 0.2) is 42.5 Å². The van der Waals surface area contributed by atoms with Gasteiger partial charge in [-0.2, -0.15) is 0 Å². The third kappa shape index (κ3) is 2.28. The molecule has 2 nitrogen and oxygen atoms in total. The van der Waals surface area contributed by atoms with Crippen molar-refractivity contribution in [2.75, 3.05) is 0 Å². The molecule has 0 spiro atoms. The summed E-state index contributed by atoms with van der Waals surface area (Å²) in [5, 5.41) is 9.67. The molecular formula is C13H8Cl2O2. The Morgan fingerprint density at radius 3 is 2.29 bits per heavy atom. The van der Waals surface area contributed by atoms with Crippen molar-refractivity contribution in [3.8, 4) is 5.75 Å². The fourth-order valence-electron chi connectivity index (χ4n) is 1.46.